The molecule has 0 bridgehead atoms. The van der Waals surface area contributed by atoms with Crippen LogP contribution in [0, 0.1) is 6.92 Å². The molecule has 0 fully saturated rings. The molecule has 10 heteroatoms. The number of hydrogen-bond donors (Lipinski definition) is 1. The summed E-state index contributed by atoms with van der Waals surface area (Å²) >= 11 is 7.03. The van der Waals surface area contributed by atoms with Gasteiger partial charge < -0.3 is 5.32 Å². The minimum Gasteiger partial charge on any atom is -0.325 e. The zero-order chi connectivity index (χ0) is 20.3. The van der Waals surface area contributed by atoms with Crippen LogP contribution in [0.1, 0.15) is 11.4 Å². The predicted octanol–water partition coefficient (Wildman–Crippen LogP) is 4.98. The number of aryl methyl sites for hydroxylation is 1. The van der Waals surface area contributed by atoms with E-state index in [0.29, 0.717) is 16.0 Å². The molecule has 3 rings (SSSR count). The van der Waals surface area contributed by atoms with E-state index in [2.05, 4.69) is 15.5 Å². The molecule has 0 atom stereocenters. The van der Waals surface area contributed by atoms with Crippen LogP contribution in [0.15, 0.2) is 53.7 Å². The van der Waals surface area contributed by atoms with Crippen LogP contribution < -0.4 is 5.32 Å². The summed E-state index contributed by atoms with van der Waals surface area (Å²) in [5.41, 5.74) is 0.0412. The standard InChI is InChI=1S/C18H14ClF3N4OS/c1-11-24-25-17(26(11)15-7-5-13(19)6-8-15)28-10-16(27)23-14-4-2-3-12(9-14)18(20,21)22/h2-9H,10H2,1H3,(H,23,27). The summed E-state index contributed by atoms with van der Waals surface area (Å²) in [5, 5.41) is 11.6. The minimum absolute atomic E-state index is 0.0397. The van der Waals surface area contributed by atoms with Gasteiger partial charge in [-0.1, -0.05) is 29.4 Å². The number of amides is 1. The first-order chi connectivity index (χ1) is 13.2. The average molecular weight is 427 g/mol. The second kappa shape index (κ2) is 8.24. The molecule has 0 spiro atoms. The normalized spacial score (nSPS) is 11.5. The van der Waals surface area contributed by atoms with E-state index < -0.39 is 17.6 Å². The topological polar surface area (TPSA) is 59.8 Å². The summed E-state index contributed by atoms with van der Waals surface area (Å²) in [6.07, 6.45) is -4.47. The van der Waals surface area contributed by atoms with Gasteiger partial charge in [0.1, 0.15) is 5.82 Å². The number of thioether (sulfide) groups is 1. The Kier molecular flexibility index (Phi) is 5.95. The molecule has 1 heterocycles. The van der Waals surface area contributed by atoms with Crippen molar-refractivity contribution < 1.29 is 18.0 Å². The van der Waals surface area contributed by atoms with Crippen molar-refractivity contribution >= 4 is 35.0 Å². The number of nitrogens with zero attached hydrogens (tertiary/aromatic N) is 3. The Labute approximate surface area is 167 Å². The van der Waals surface area contributed by atoms with E-state index in [-0.39, 0.29) is 11.4 Å². The summed E-state index contributed by atoms with van der Waals surface area (Å²) in [6, 6.07) is 11.5. The summed E-state index contributed by atoms with van der Waals surface area (Å²) in [5.74, 6) is 0.137. The fraction of sp³-hybridized carbons (Fsp3) is 0.167. The number of anilines is 1. The van der Waals surface area contributed by atoms with Crippen molar-refractivity contribution in [3.63, 3.8) is 0 Å². The third-order valence-corrected chi connectivity index (χ3v) is 4.87. The van der Waals surface area contributed by atoms with Gasteiger partial charge in [0.2, 0.25) is 5.91 Å². The third-order valence-electron chi connectivity index (χ3n) is 3.69. The molecule has 0 unspecified atom stereocenters. The summed E-state index contributed by atoms with van der Waals surface area (Å²) in [6.45, 7) is 1.77. The first kappa shape index (κ1) is 20.2. The number of rotatable bonds is 5. The maximum atomic E-state index is 12.8. The van der Waals surface area contributed by atoms with Gasteiger partial charge in [-0.05, 0) is 49.4 Å². The number of alkyl halides is 3. The molecular weight excluding hydrogens is 413 g/mol. The van der Waals surface area contributed by atoms with Crippen molar-refractivity contribution in [3.8, 4) is 5.69 Å². The quantitative estimate of drug-likeness (QED) is 0.584. The van der Waals surface area contributed by atoms with Gasteiger partial charge in [0.05, 0.1) is 11.3 Å². The molecule has 0 aliphatic carbocycles. The molecule has 5 nitrogen and oxygen atoms in total. The summed E-state index contributed by atoms with van der Waals surface area (Å²) in [7, 11) is 0. The van der Waals surface area contributed by atoms with E-state index in [9.17, 15) is 18.0 Å². The van der Waals surface area contributed by atoms with Gasteiger partial charge in [-0.3, -0.25) is 9.36 Å². The second-order valence-electron chi connectivity index (χ2n) is 5.76. The highest BCUT2D eigenvalue weighted by Crippen LogP contribution is 2.30. The average Bonchev–Trinajstić information content (AvgIpc) is 3.01. The smallest absolute Gasteiger partial charge is 0.325 e. The summed E-state index contributed by atoms with van der Waals surface area (Å²) < 4.78 is 40.1. The Bertz CT molecular complexity index is 989. The van der Waals surface area contributed by atoms with E-state index in [4.69, 9.17) is 11.6 Å². The molecule has 0 saturated heterocycles. The highest BCUT2D eigenvalue weighted by atomic mass is 35.5. The first-order valence-electron chi connectivity index (χ1n) is 8.02. The van der Waals surface area contributed by atoms with Crippen LogP contribution in [0.5, 0.6) is 0 Å². The van der Waals surface area contributed by atoms with Gasteiger partial charge >= 0.3 is 6.18 Å². The van der Waals surface area contributed by atoms with Crippen molar-refractivity contribution in [1.82, 2.24) is 14.8 Å². The Morgan fingerprint density at radius 2 is 1.89 bits per heavy atom. The van der Waals surface area contributed by atoms with Gasteiger partial charge in [-0.15, -0.1) is 10.2 Å². The summed E-state index contributed by atoms with van der Waals surface area (Å²) in [4.78, 5) is 12.2. The number of halogens is 4. The lowest BCUT2D eigenvalue weighted by molar-refractivity contribution is -0.137. The minimum atomic E-state index is -4.47. The molecule has 0 aliphatic rings. The number of nitrogens with one attached hydrogen (secondary N) is 1. The molecule has 0 aliphatic heterocycles. The van der Waals surface area contributed by atoms with Crippen LogP contribution in [-0.4, -0.2) is 26.4 Å². The predicted molar refractivity (Wildman–Crippen MR) is 102 cm³/mol. The van der Waals surface area contributed by atoms with Crippen LogP contribution in [0.3, 0.4) is 0 Å². The molecule has 2 aromatic carbocycles. The maximum absolute atomic E-state index is 12.8. The Morgan fingerprint density at radius 1 is 1.18 bits per heavy atom. The maximum Gasteiger partial charge on any atom is 0.416 e. The van der Waals surface area contributed by atoms with E-state index in [1.165, 1.54) is 12.1 Å². The van der Waals surface area contributed by atoms with E-state index in [1.54, 1.807) is 35.8 Å². The van der Waals surface area contributed by atoms with Gasteiger partial charge in [-0.25, -0.2) is 0 Å². The van der Waals surface area contributed by atoms with Crippen molar-refractivity contribution in [2.24, 2.45) is 0 Å². The van der Waals surface area contributed by atoms with Crippen LogP contribution >= 0.6 is 23.4 Å². The van der Waals surface area contributed by atoms with E-state index in [0.717, 1.165) is 29.6 Å². The molecule has 1 amide bonds. The lowest BCUT2D eigenvalue weighted by atomic mass is 10.2. The highest BCUT2D eigenvalue weighted by molar-refractivity contribution is 7.99. The zero-order valence-electron chi connectivity index (χ0n) is 14.5. The van der Waals surface area contributed by atoms with Crippen LogP contribution in [-0.2, 0) is 11.0 Å². The van der Waals surface area contributed by atoms with E-state index in [1.807, 2.05) is 0 Å². The fourth-order valence-electron chi connectivity index (χ4n) is 2.42. The van der Waals surface area contributed by atoms with Crippen molar-refractivity contribution in [2.45, 2.75) is 18.3 Å². The lowest BCUT2D eigenvalue weighted by Crippen LogP contribution is -2.15. The Hall–Kier alpha value is -2.52. The van der Waals surface area contributed by atoms with Crippen LogP contribution in [0.2, 0.25) is 5.02 Å². The molecule has 28 heavy (non-hydrogen) atoms. The van der Waals surface area contributed by atoms with E-state index >= 15 is 0 Å². The third kappa shape index (κ3) is 4.85. The van der Waals surface area contributed by atoms with Gasteiger partial charge in [0, 0.05) is 16.4 Å². The largest absolute Gasteiger partial charge is 0.416 e. The van der Waals surface area contributed by atoms with Crippen LogP contribution in [0.25, 0.3) is 5.69 Å². The molecule has 3 aromatic rings. The van der Waals surface area contributed by atoms with Crippen molar-refractivity contribution in [2.75, 3.05) is 11.1 Å². The molecule has 146 valence electrons. The van der Waals surface area contributed by atoms with Crippen molar-refractivity contribution in [1.29, 1.82) is 0 Å². The monoisotopic (exact) mass is 426 g/mol. The van der Waals surface area contributed by atoms with Gasteiger partial charge in [0.25, 0.3) is 0 Å². The van der Waals surface area contributed by atoms with Gasteiger partial charge in [0.15, 0.2) is 5.16 Å². The van der Waals surface area contributed by atoms with Crippen LogP contribution in [0.4, 0.5) is 18.9 Å². The number of aromatic nitrogens is 3. The lowest BCUT2D eigenvalue weighted by Gasteiger charge is -2.10. The SMILES string of the molecule is Cc1nnc(SCC(=O)Nc2cccc(C(F)(F)F)c2)n1-c1ccc(Cl)cc1. The Morgan fingerprint density at radius 3 is 2.57 bits per heavy atom. The zero-order valence-corrected chi connectivity index (χ0v) is 16.1. The molecule has 1 N–H and O–H groups in total. The number of carbonyl (C=O) groups is 1. The molecule has 0 radical (unpaired) electrons. The van der Waals surface area contributed by atoms with Crippen molar-refractivity contribution in [3.05, 3.63) is 64.9 Å². The highest BCUT2D eigenvalue weighted by Gasteiger charge is 2.30. The molecule has 0 saturated carbocycles. The number of benzene rings is 2. The molecule has 1 aromatic heterocycles. The first-order valence-corrected chi connectivity index (χ1v) is 9.38. The second-order valence-corrected chi connectivity index (χ2v) is 7.14. The molecular formula is C18H14ClF3N4OS. The fourth-order valence-corrected chi connectivity index (χ4v) is 3.35. The van der Waals surface area contributed by atoms with Gasteiger partial charge in [-0.2, -0.15) is 13.2 Å². The number of carbonyl (C=O) groups excluding carboxylic acids is 1. The number of hydrogen-bond acceptors (Lipinski definition) is 4. The Balaban J connectivity index is 1.68.